The Balaban J connectivity index is 1.84. The molecule has 0 aromatic carbocycles. The highest BCUT2D eigenvalue weighted by atomic mass is 32.1. The summed E-state index contributed by atoms with van der Waals surface area (Å²) in [5, 5.41) is 7.43. The Morgan fingerprint density at radius 3 is 2.67 bits per heavy atom. The third-order valence-electron chi connectivity index (χ3n) is 3.58. The molecule has 0 spiro atoms. The Bertz CT molecular complexity index is 458. The van der Waals surface area contributed by atoms with Gasteiger partial charge in [-0.05, 0) is 37.4 Å². The number of hydrogen-bond donors (Lipinski definition) is 3. The monoisotopic (exact) mass is 310 g/mol. The van der Waals surface area contributed by atoms with Gasteiger partial charge in [0, 0.05) is 11.4 Å². The average Bonchev–Trinajstić information content (AvgIpc) is 3.18. The van der Waals surface area contributed by atoms with Crippen molar-refractivity contribution in [2.75, 3.05) is 32.7 Å². The molecule has 0 aliphatic carbocycles. The Morgan fingerprint density at radius 1 is 1.29 bits per heavy atom. The Morgan fingerprint density at radius 2 is 2.05 bits per heavy atom. The topological polar surface area (TPSA) is 87.5 Å². The first-order valence-electron chi connectivity index (χ1n) is 7.21. The van der Waals surface area contributed by atoms with Crippen molar-refractivity contribution < 1.29 is 9.59 Å². The Labute approximate surface area is 128 Å². The molecule has 1 aromatic rings. The molecule has 1 aliphatic rings. The van der Waals surface area contributed by atoms with Gasteiger partial charge < -0.3 is 16.4 Å². The van der Waals surface area contributed by atoms with Gasteiger partial charge in [0.25, 0.3) is 0 Å². The van der Waals surface area contributed by atoms with Crippen molar-refractivity contribution in [1.82, 2.24) is 15.5 Å². The highest BCUT2D eigenvalue weighted by molar-refractivity contribution is 7.10. The van der Waals surface area contributed by atoms with Gasteiger partial charge in [-0.2, -0.15) is 0 Å². The van der Waals surface area contributed by atoms with Gasteiger partial charge in [-0.25, -0.2) is 0 Å². The number of amides is 2. The molecular weight excluding hydrogens is 288 g/mol. The van der Waals surface area contributed by atoms with E-state index in [1.807, 2.05) is 6.07 Å². The molecule has 1 saturated heterocycles. The summed E-state index contributed by atoms with van der Waals surface area (Å²) >= 11 is 1.71. The van der Waals surface area contributed by atoms with Crippen molar-refractivity contribution in [3.8, 4) is 0 Å². The molecule has 2 rings (SSSR count). The van der Waals surface area contributed by atoms with Gasteiger partial charge in [0.2, 0.25) is 11.8 Å². The molecule has 2 heterocycles. The number of nitrogens with one attached hydrogen (secondary N) is 2. The van der Waals surface area contributed by atoms with Crippen LogP contribution < -0.4 is 16.4 Å². The standard InChI is InChI=1S/C14H22N4O2S/c15-8-13(19)17-10-14(20)16-9-11(12-4-3-7-21-12)18-5-1-2-6-18/h3-4,7,11H,1-2,5-6,8-10,15H2,(H,16,20)(H,17,19). The van der Waals surface area contributed by atoms with Crippen molar-refractivity contribution in [2.24, 2.45) is 5.73 Å². The van der Waals surface area contributed by atoms with Crippen LogP contribution in [-0.4, -0.2) is 49.4 Å². The lowest BCUT2D eigenvalue weighted by Crippen LogP contribution is -2.42. The van der Waals surface area contributed by atoms with Crippen molar-refractivity contribution in [3.63, 3.8) is 0 Å². The lowest BCUT2D eigenvalue weighted by Gasteiger charge is -2.26. The second-order valence-corrected chi connectivity index (χ2v) is 6.04. The molecule has 7 heteroatoms. The zero-order valence-corrected chi connectivity index (χ0v) is 12.8. The van der Waals surface area contributed by atoms with Gasteiger partial charge in [0.15, 0.2) is 0 Å². The van der Waals surface area contributed by atoms with Gasteiger partial charge in [0.1, 0.15) is 0 Å². The first kappa shape index (κ1) is 15.9. The summed E-state index contributed by atoms with van der Waals surface area (Å²) in [6.45, 7) is 2.59. The zero-order valence-electron chi connectivity index (χ0n) is 12.0. The summed E-state index contributed by atoms with van der Waals surface area (Å²) in [6.07, 6.45) is 2.42. The fourth-order valence-electron chi connectivity index (χ4n) is 2.47. The minimum absolute atomic E-state index is 0.0206. The molecule has 21 heavy (non-hydrogen) atoms. The molecule has 1 unspecified atom stereocenters. The molecule has 0 radical (unpaired) electrons. The summed E-state index contributed by atoms with van der Waals surface area (Å²) in [4.78, 5) is 26.5. The van der Waals surface area contributed by atoms with Crippen LogP contribution in [0.4, 0.5) is 0 Å². The van der Waals surface area contributed by atoms with E-state index in [1.165, 1.54) is 17.7 Å². The van der Waals surface area contributed by atoms with Crippen molar-refractivity contribution >= 4 is 23.2 Å². The second kappa shape index (κ2) is 8.11. The lowest BCUT2D eigenvalue weighted by atomic mass is 10.2. The number of nitrogens with two attached hydrogens (primary N) is 1. The van der Waals surface area contributed by atoms with E-state index >= 15 is 0 Å². The average molecular weight is 310 g/mol. The number of carbonyl (C=O) groups excluding carboxylic acids is 2. The minimum atomic E-state index is -0.320. The number of thiophene rings is 1. The first-order chi connectivity index (χ1) is 10.2. The Hall–Kier alpha value is -1.44. The summed E-state index contributed by atoms with van der Waals surface area (Å²) < 4.78 is 0. The van der Waals surface area contributed by atoms with Crippen LogP contribution in [0.5, 0.6) is 0 Å². The van der Waals surface area contributed by atoms with Crippen LogP contribution in [0.25, 0.3) is 0 Å². The molecule has 4 N–H and O–H groups in total. The van der Waals surface area contributed by atoms with E-state index in [1.54, 1.807) is 11.3 Å². The van der Waals surface area contributed by atoms with Gasteiger partial charge >= 0.3 is 0 Å². The fourth-order valence-corrected chi connectivity index (χ4v) is 3.33. The molecule has 1 atom stereocenters. The molecule has 6 nitrogen and oxygen atoms in total. The molecule has 0 bridgehead atoms. The number of nitrogens with zero attached hydrogens (tertiary/aromatic N) is 1. The predicted octanol–water partition coefficient (Wildman–Crippen LogP) is 0.0761. The molecule has 116 valence electrons. The van der Waals surface area contributed by atoms with Crippen molar-refractivity contribution in [2.45, 2.75) is 18.9 Å². The van der Waals surface area contributed by atoms with Gasteiger partial charge in [-0.1, -0.05) is 6.07 Å². The van der Waals surface area contributed by atoms with E-state index in [2.05, 4.69) is 27.0 Å². The SMILES string of the molecule is NCC(=O)NCC(=O)NCC(c1cccs1)N1CCCC1. The number of likely N-dealkylation sites (tertiary alicyclic amines) is 1. The van der Waals surface area contributed by atoms with Gasteiger partial charge in [-0.15, -0.1) is 11.3 Å². The number of hydrogen-bond acceptors (Lipinski definition) is 5. The maximum atomic E-state index is 11.8. The molecule has 0 saturated carbocycles. The summed E-state index contributed by atoms with van der Waals surface area (Å²) in [5.41, 5.74) is 5.18. The van der Waals surface area contributed by atoms with E-state index in [0.29, 0.717) is 6.54 Å². The predicted molar refractivity (Wildman–Crippen MR) is 82.9 cm³/mol. The molecule has 1 aliphatic heterocycles. The third kappa shape index (κ3) is 4.80. The number of rotatable bonds is 7. The van der Waals surface area contributed by atoms with E-state index in [-0.39, 0.29) is 30.9 Å². The zero-order chi connectivity index (χ0) is 15.1. The van der Waals surface area contributed by atoms with E-state index in [4.69, 9.17) is 5.73 Å². The van der Waals surface area contributed by atoms with Crippen LogP contribution in [0, 0.1) is 0 Å². The quantitative estimate of drug-likeness (QED) is 0.665. The van der Waals surface area contributed by atoms with Crippen LogP contribution in [0.15, 0.2) is 17.5 Å². The lowest BCUT2D eigenvalue weighted by molar-refractivity contribution is -0.125. The molecule has 1 fully saturated rings. The normalized spacial score (nSPS) is 16.6. The van der Waals surface area contributed by atoms with Crippen LogP contribution in [0.3, 0.4) is 0 Å². The van der Waals surface area contributed by atoms with Crippen molar-refractivity contribution in [1.29, 1.82) is 0 Å². The highest BCUT2D eigenvalue weighted by Crippen LogP contribution is 2.27. The summed E-state index contributed by atoms with van der Waals surface area (Å²) in [6, 6.07) is 4.37. The largest absolute Gasteiger partial charge is 0.353 e. The van der Waals surface area contributed by atoms with Crippen LogP contribution in [0.2, 0.25) is 0 Å². The summed E-state index contributed by atoms with van der Waals surface area (Å²) in [5.74, 6) is -0.503. The van der Waals surface area contributed by atoms with E-state index < -0.39 is 0 Å². The first-order valence-corrected chi connectivity index (χ1v) is 8.09. The van der Waals surface area contributed by atoms with E-state index in [9.17, 15) is 9.59 Å². The van der Waals surface area contributed by atoms with E-state index in [0.717, 1.165) is 13.1 Å². The number of carbonyl (C=O) groups is 2. The van der Waals surface area contributed by atoms with Crippen LogP contribution in [0.1, 0.15) is 23.8 Å². The van der Waals surface area contributed by atoms with Crippen molar-refractivity contribution in [3.05, 3.63) is 22.4 Å². The Kier molecular flexibility index (Phi) is 6.16. The minimum Gasteiger partial charge on any atom is -0.353 e. The maximum absolute atomic E-state index is 11.8. The second-order valence-electron chi connectivity index (χ2n) is 5.06. The van der Waals surface area contributed by atoms with Gasteiger partial charge in [0.05, 0.1) is 19.1 Å². The third-order valence-corrected chi connectivity index (χ3v) is 4.55. The highest BCUT2D eigenvalue weighted by Gasteiger charge is 2.24. The van der Waals surface area contributed by atoms with Crippen LogP contribution in [-0.2, 0) is 9.59 Å². The fraction of sp³-hybridized carbons (Fsp3) is 0.571. The van der Waals surface area contributed by atoms with Gasteiger partial charge in [-0.3, -0.25) is 14.5 Å². The molecule has 1 aromatic heterocycles. The molecular formula is C14H22N4O2S. The summed E-state index contributed by atoms with van der Waals surface area (Å²) in [7, 11) is 0. The van der Waals surface area contributed by atoms with Crippen LogP contribution >= 0.6 is 11.3 Å². The smallest absolute Gasteiger partial charge is 0.239 e. The maximum Gasteiger partial charge on any atom is 0.239 e. The molecule has 2 amide bonds.